The van der Waals surface area contributed by atoms with E-state index in [0.29, 0.717) is 13.1 Å². The number of aryl methyl sites for hydroxylation is 3. The third kappa shape index (κ3) is 5.14. The van der Waals surface area contributed by atoms with Gasteiger partial charge in [0.2, 0.25) is 15.9 Å². The molecule has 0 spiro atoms. The average molecular weight is 444 g/mol. The van der Waals surface area contributed by atoms with E-state index in [2.05, 4.69) is 5.32 Å². The standard InChI is InChI=1S/C23H29N3O4S/c1-16-12-17(2)22(18(3)13-16)24-21(27)15-25(4)23(28)19-8-7-9-20(14-19)31(29,30)26-10-5-6-11-26/h7-9,12-14H,5-6,10-11,15H2,1-4H3,(H,24,27). The summed E-state index contributed by atoms with van der Waals surface area (Å²) in [5, 5.41) is 2.88. The molecule has 1 heterocycles. The van der Waals surface area contributed by atoms with Gasteiger partial charge in [-0.2, -0.15) is 4.31 Å². The second-order valence-corrected chi connectivity index (χ2v) is 10.1. The summed E-state index contributed by atoms with van der Waals surface area (Å²) in [7, 11) is -2.09. The predicted molar refractivity (Wildman–Crippen MR) is 121 cm³/mol. The number of carbonyl (C=O) groups is 2. The molecule has 3 rings (SSSR count). The number of carbonyl (C=O) groups excluding carboxylic acids is 2. The Morgan fingerprint density at radius 1 is 1.03 bits per heavy atom. The zero-order chi connectivity index (χ0) is 22.8. The van der Waals surface area contributed by atoms with Gasteiger partial charge in [0.15, 0.2) is 0 Å². The van der Waals surface area contributed by atoms with Gasteiger partial charge in [0.05, 0.1) is 11.4 Å². The minimum atomic E-state index is -3.61. The molecule has 1 fully saturated rings. The van der Waals surface area contributed by atoms with Crippen molar-refractivity contribution in [3.05, 3.63) is 58.7 Å². The Balaban J connectivity index is 1.71. The molecule has 0 saturated carbocycles. The van der Waals surface area contributed by atoms with E-state index in [-0.39, 0.29) is 22.9 Å². The van der Waals surface area contributed by atoms with Crippen molar-refractivity contribution in [2.75, 3.05) is 32.0 Å². The molecule has 0 aromatic heterocycles. The van der Waals surface area contributed by atoms with Gasteiger partial charge in [0.1, 0.15) is 0 Å². The van der Waals surface area contributed by atoms with E-state index in [9.17, 15) is 18.0 Å². The van der Waals surface area contributed by atoms with E-state index in [1.54, 1.807) is 12.1 Å². The van der Waals surface area contributed by atoms with E-state index in [4.69, 9.17) is 0 Å². The van der Waals surface area contributed by atoms with Crippen LogP contribution in [0.15, 0.2) is 41.3 Å². The number of anilines is 1. The second-order valence-electron chi connectivity index (χ2n) is 8.12. The third-order valence-electron chi connectivity index (χ3n) is 5.45. The van der Waals surface area contributed by atoms with Crippen LogP contribution in [0.4, 0.5) is 5.69 Å². The molecule has 2 amide bonds. The molecule has 2 aromatic rings. The lowest BCUT2D eigenvalue weighted by Gasteiger charge is -2.19. The largest absolute Gasteiger partial charge is 0.332 e. The molecule has 166 valence electrons. The number of hydrogen-bond acceptors (Lipinski definition) is 4. The number of rotatable bonds is 6. The van der Waals surface area contributed by atoms with E-state index in [1.165, 1.54) is 28.4 Å². The van der Waals surface area contributed by atoms with Crippen molar-refractivity contribution in [3.8, 4) is 0 Å². The Hall–Kier alpha value is -2.71. The summed E-state index contributed by atoms with van der Waals surface area (Å²) in [5.74, 6) is -0.724. The number of nitrogens with one attached hydrogen (secondary N) is 1. The molecular formula is C23H29N3O4S. The zero-order valence-electron chi connectivity index (χ0n) is 18.4. The van der Waals surface area contributed by atoms with E-state index in [0.717, 1.165) is 35.2 Å². The SMILES string of the molecule is Cc1cc(C)c(NC(=O)CN(C)C(=O)c2cccc(S(=O)(=O)N3CCCC3)c2)c(C)c1. The summed E-state index contributed by atoms with van der Waals surface area (Å²) in [4.78, 5) is 26.8. The fraction of sp³-hybridized carbons (Fsp3) is 0.391. The molecule has 0 bridgehead atoms. The lowest BCUT2D eigenvalue weighted by atomic mass is 10.1. The molecule has 2 aromatic carbocycles. The van der Waals surface area contributed by atoms with E-state index < -0.39 is 15.9 Å². The first kappa shape index (κ1) is 23.0. The Morgan fingerprint density at radius 3 is 2.26 bits per heavy atom. The molecule has 1 saturated heterocycles. The maximum Gasteiger partial charge on any atom is 0.254 e. The van der Waals surface area contributed by atoms with Crippen LogP contribution < -0.4 is 5.32 Å². The second kappa shape index (κ2) is 9.20. The number of likely N-dealkylation sites (N-methyl/N-ethyl adjacent to an activating group) is 1. The number of nitrogens with zero attached hydrogens (tertiary/aromatic N) is 2. The van der Waals surface area contributed by atoms with Gasteiger partial charge >= 0.3 is 0 Å². The Morgan fingerprint density at radius 2 is 1.65 bits per heavy atom. The minimum absolute atomic E-state index is 0.101. The van der Waals surface area contributed by atoms with Crippen LogP contribution in [0.3, 0.4) is 0 Å². The van der Waals surface area contributed by atoms with Gasteiger partial charge in [-0.1, -0.05) is 23.8 Å². The fourth-order valence-corrected chi connectivity index (χ4v) is 5.49. The Kier molecular flexibility index (Phi) is 6.81. The van der Waals surface area contributed by atoms with Crippen molar-refractivity contribution < 1.29 is 18.0 Å². The normalized spacial score (nSPS) is 14.5. The summed E-state index contributed by atoms with van der Waals surface area (Å²) < 4.78 is 27.0. The Bertz CT molecular complexity index is 1080. The summed E-state index contributed by atoms with van der Waals surface area (Å²) in [6.45, 7) is 6.70. The molecule has 31 heavy (non-hydrogen) atoms. The van der Waals surface area contributed by atoms with Crippen molar-refractivity contribution in [2.45, 2.75) is 38.5 Å². The predicted octanol–water partition coefficient (Wildman–Crippen LogP) is 3.11. The van der Waals surface area contributed by atoms with E-state index >= 15 is 0 Å². The quantitative estimate of drug-likeness (QED) is 0.743. The van der Waals surface area contributed by atoms with Gasteiger partial charge in [0, 0.05) is 31.4 Å². The lowest BCUT2D eigenvalue weighted by Crippen LogP contribution is -2.35. The first-order valence-electron chi connectivity index (χ1n) is 10.3. The van der Waals surface area contributed by atoms with Gasteiger partial charge in [-0.05, 0) is 62.9 Å². The number of benzene rings is 2. The van der Waals surface area contributed by atoms with Crippen LogP contribution in [-0.2, 0) is 14.8 Å². The van der Waals surface area contributed by atoms with Crippen LogP contribution in [0.2, 0.25) is 0 Å². The molecule has 1 aliphatic rings. The van der Waals surface area contributed by atoms with Crippen molar-refractivity contribution >= 4 is 27.5 Å². The highest BCUT2D eigenvalue weighted by Gasteiger charge is 2.28. The summed E-state index contributed by atoms with van der Waals surface area (Å²) >= 11 is 0. The number of hydrogen-bond donors (Lipinski definition) is 1. The van der Waals surface area contributed by atoms with Gasteiger partial charge in [-0.25, -0.2) is 8.42 Å². The van der Waals surface area contributed by atoms with Gasteiger partial charge < -0.3 is 10.2 Å². The summed E-state index contributed by atoms with van der Waals surface area (Å²) in [6, 6.07) is 9.99. The highest BCUT2D eigenvalue weighted by atomic mass is 32.2. The first-order chi connectivity index (χ1) is 14.6. The number of sulfonamides is 1. The van der Waals surface area contributed by atoms with Gasteiger partial charge in [0.25, 0.3) is 5.91 Å². The average Bonchev–Trinajstić information content (AvgIpc) is 3.26. The summed E-state index contributed by atoms with van der Waals surface area (Å²) in [6.07, 6.45) is 1.69. The van der Waals surface area contributed by atoms with Gasteiger partial charge in [-0.3, -0.25) is 9.59 Å². The molecule has 0 atom stereocenters. The fourth-order valence-electron chi connectivity index (χ4n) is 3.93. The van der Waals surface area contributed by atoms with Gasteiger partial charge in [-0.15, -0.1) is 0 Å². The van der Waals surface area contributed by atoms with Crippen LogP contribution in [0.5, 0.6) is 0 Å². The van der Waals surface area contributed by atoms with E-state index in [1.807, 2.05) is 32.9 Å². The zero-order valence-corrected chi connectivity index (χ0v) is 19.3. The van der Waals surface area contributed by atoms with Crippen molar-refractivity contribution in [1.82, 2.24) is 9.21 Å². The molecule has 0 aliphatic carbocycles. The molecule has 1 aliphatic heterocycles. The summed E-state index contributed by atoms with van der Waals surface area (Å²) in [5.41, 5.74) is 4.01. The van der Waals surface area contributed by atoms with Crippen LogP contribution >= 0.6 is 0 Å². The van der Waals surface area contributed by atoms with Crippen LogP contribution in [-0.4, -0.2) is 56.1 Å². The lowest BCUT2D eigenvalue weighted by molar-refractivity contribution is -0.116. The maximum absolute atomic E-state index is 12.8. The Labute approximate surface area is 184 Å². The molecule has 0 radical (unpaired) electrons. The van der Waals surface area contributed by atoms with Crippen LogP contribution in [0.25, 0.3) is 0 Å². The minimum Gasteiger partial charge on any atom is -0.332 e. The molecule has 0 unspecified atom stereocenters. The van der Waals surface area contributed by atoms with Crippen LogP contribution in [0, 0.1) is 20.8 Å². The van der Waals surface area contributed by atoms with Crippen LogP contribution in [0.1, 0.15) is 39.9 Å². The first-order valence-corrected chi connectivity index (χ1v) is 11.8. The topological polar surface area (TPSA) is 86.8 Å². The molecule has 8 heteroatoms. The molecule has 7 nitrogen and oxygen atoms in total. The maximum atomic E-state index is 12.8. The highest BCUT2D eigenvalue weighted by Crippen LogP contribution is 2.23. The van der Waals surface area contributed by atoms with Crippen molar-refractivity contribution in [3.63, 3.8) is 0 Å². The highest BCUT2D eigenvalue weighted by molar-refractivity contribution is 7.89. The smallest absolute Gasteiger partial charge is 0.254 e. The molecular weight excluding hydrogens is 414 g/mol. The number of amides is 2. The van der Waals surface area contributed by atoms with Crippen molar-refractivity contribution in [1.29, 1.82) is 0 Å². The van der Waals surface area contributed by atoms with Crippen molar-refractivity contribution in [2.24, 2.45) is 0 Å². The monoisotopic (exact) mass is 443 g/mol. The third-order valence-corrected chi connectivity index (χ3v) is 7.35. The molecule has 1 N–H and O–H groups in total.